The Bertz CT molecular complexity index is 648. The summed E-state index contributed by atoms with van der Waals surface area (Å²) >= 11 is 0. The van der Waals surface area contributed by atoms with Crippen molar-refractivity contribution in [1.29, 1.82) is 0 Å². The summed E-state index contributed by atoms with van der Waals surface area (Å²) in [5.74, 6) is 0.696. The van der Waals surface area contributed by atoms with E-state index >= 15 is 0 Å². The van der Waals surface area contributed by atoms with Gasteiger partial charge in [-0.3, -0.25) is 9.78 Å². The molecule has 19 heavy (non-hydrogen) atoms. The van der Waals surface area contributed by atoms with Crippen LogP contribution in [-0.2, 0) is 6.54 Å². The van der Waals surface area contributed by atoms with Gasteiger partial charge >= 0.3 is 0 Å². The van der Waals surface area contributed by atoms with Crippen LogP contribution in [0.4, 0.5) is 5.95 Å². The molecule has 8 nitrogen and oxygen atoms in total. The number of aromatic nitrogens is 5. The van der Waals surface area contributed by atoms with Gasteiger partial charge in [0.15, 0.2) is 11.2 Å². The van der Waals surface area contributed by atoms with Gasteiger partial charge in [-0.15, -0.1) is 5.10 Å². The molecule has 1 aliphatic rings. The van der Waals surface area contributed by atoms with E-state index in [1.165, 1.54) is 0 Å². The van der Waals surface area contributed by atoms with Crippen molar-refractivity contribution in [1.82, 2.24) is 25.0 Å². The zero-order valence-electron chi connectivity index (χ0n) is 10.4. The fourth-order valence-electron chi connectivity index (χ4n) is 2.82. The third kappa shape index (κ3) is 2.07. The fourth-order valence-corrected chi connectivity index (χ4v) is 2.82. The number of aliphatic hydroxyl groups is 1. The van der Waals surface area contributed by atoms with E-state index in [2.05, 4.69) is 20.3 Å². The number of hydrogen-bond donors (Lipinski definition) is 3. The maximum absolute atomic E-state index is 11.6. The van der Waals surface area contributed by atoms with Crippen molar-refractivity contribution in [2.45, 2.75) is 25.8 Å². The number of rotatable bonds is 3. The summed E-state index contributed by atoms with van der Waals surface area (Å²) in [6.07, 6.45) is 3.19. The number of aliphatic hydroxyl groups excluding tert-OH is 1. The highest BCUT2D eigenvalue weighted by atomic mass is 16.3. The molecule has 1 fully saturated rings. The Labute approximate surface area is 108 Å². The molecule has 2 atom stereocenters. The molecule has 8 heteroatoms. The Balaban J connectivity index is 1.95. The molecule has 0 unspecified atom stereocenters. The molecule has 2 aromatic rings. The van der Waals surface area contributed by atoms with E-state index in [4.69, 9.17) is 5.73 Å². The lowest BCUT2D eigenvalue weighted by atomic mass is 9.97. The summed E-state index contributed by atoms with van der Waals surface area (Å²) in [5.41, 5.74) is 5.77. The second-order valence-corrected chi connectivity index (χ2v) is 5.03. The third-order valence-electron chi connectivity index (χ3n) is 3.85. The molecule has 0 radical (unpaired) electrons. The lowest BCUT2D eigenvalue weighted by Crippen LogP contribution is -2.19. The molecule has 2 aromatic heterocycles. The van der Waals surface area contributed by atoms with E-state index in [1.807, 2.05) is 0 Å². The molecule has 0 amide bonds. The zero-order valence-corrected chi connectivity index (χ0v) is 10.4. The summed E-state index contributed by atoms with van der Waals surface area (Å²) in [5, 5.41) is 17.1. The Morgan fingerprint density at radius 3 is 3.00 bits per heavy atom. The normalized spacial score (nSPS) is 23.2. The first-order valence-corrected chi connectivity index (χ1v) is 6.39. The van der Waals surface area contributed by atoms with Crippen LogP contribution in [0.3, 0.4) is 0 Å². The maximum atomic E-state index is 11.6. The minimum absolute atomic E-state index is 0.0613. The Kier molecular flexibility index (Phi) is 2.94. The van der Waals surface area contributed by atoms with Crippen LogP contribution >= 0.6 is 0 Å². The monoisotopic (exact) mass is 264 g/mol. The van der Waals surface area contributed by atoms with Crippen molar-refractivity contribution >= 4 is 17.1 Å². The standard InChI is InChI=1S/C11H16N6O2/c12-11-13-9-8(10(19)14-11)15-16-17(9)4-6-2-1-3-7(6)5-18/h6-7,18H,1-5H2,(H3,12,13,14,19)/t6-,7+/m1/s1. The third-order valence-corrected chi connectivity index (χ3v) is 3.85. The molecule has 1 saturated carbocycles. The number of nitrogen functional groups attached to an aromatic ring is 1. The van der Waals surface area contributed by atoms with Crippen LogP contribution in [0, 0.1) is 11.8 Å². The molecule has 4 N–H and O–H groups in total. The number of nitrogens with two attached hydrogens (primary N) is 1. The van der Waals surface area contributed by atoms with Crippen LogP contribution in [0.25, 0.3) is 11.2 Å². The minimum Gasteiger partial charge on any atom is -0.396 e. The number of aromatic amines is 1. The lowest BCUT2D eigenvalue weighted by Gasteiger charge is -2.16. The van der Waals surface area contributed by atoms with Crippen LogP contribution in [0.5, 0.6) is 0 Å². The van der Waals surface area contributed by atoms with Gasteiger partial charge in [0, 0.05) is 13.2 Å². The average Bonchev–Trinajstić information content (AvgIpc) is 2.97. The van der Waals surface area contributed by atoms with Gasteiger partial charge in [0.1, 0.15) is 0 Å². The van der Waals surface area contributed by atoms with Gasteiger partial charge in [0.25, 0.3) is 5.56 Å². The highest BCUT2D eigenvalue weighted by molar-refractivity contribution is 5.69. The predicted molar refractivity (Wildman–Crippen MR) is 68.3 cm³/mol. The van der Waals surface area contributed by atoms with Crippen molar-refractivity contribution < 1.29 is 5.11 Å². The largest absolute Gasteiger partial charge is 0.396 e. The van der Waals surface area contributed by atoms with Gasteiger partial charge < -0.3 is 10.8 Å². The SMILES string of the molecule is Nc1nc2c(nnn2C[C@H]2CCC[C@H]2CO)c(=O)[nH]1. The van der Waals surface area contributed by atoms with E-state index in [1.54, 1.807) is 4.68 Å². The second-order valence-electron chi connectivity index (χ2n) is 5.03. The van der Waals surface area contributed by atoms with E-state index in [0.29, 0.717) is 24.0 Å². The van der Waals surface area contributed by atoms with Crippen molar-refractivity contribution in [3.05, 3.63) is 10.4 Å². The molecule has 102 valence electrons. The molecule has 1 aliphatic carbocycles. The van der Waals surface area contributed by atoms with Gasteiger partial charge in [0.05, 0.1) is 0 Å². The Hall–Kier alpha value is -1.96. The average molecular weight is 264 g/mol. The van der Waals surface area contributed by atoms with E-state index in [-0.39, 0.29) is 23.6 Å². The first-order chi connectivity index (χ1) is 9.19. The molecule has 0 saturated heterocycles. The summed E-state index contributed by atoms with van der Waals surface area (Å²) in [6.45, 7) is 0.797. The Morgan fingerprint density at radius 1 is 1.42 bits per heavy atom. The number of hydrogen-bond acceptors (Lipinski definition) is 6. The van der Waals surface area contributed by atoms with Gasteiger partial charge in [-0.1, -0.05) is 11.6 Å². The van der Waals surface area contributed by atoms with Crippen LogP contribution in [-0.4, -0.2) is 36.7 Å². The number of nitrogens with one attached hydrogen (secondary N) is 1. The minimum atomic E-state index is -0.376. The lowest BCUT2D eigenvalue weighted by molar-refractivity contribution is 0.182. The van der Waals surface area contributed by atoms with E-state index < -0.39 is 0 Å². The number of fused-ring (bicyclic) bond motifs is 1. The molecule has 0 aliphatic heterocycles. The molecule has 0 bridgehead atoms. The first kappa shape index (κ1) is 12.1. The van der Waals surface area contributed by atoms with Crippen LogP contribution in [0.2, 0.25) is 0 Å². The second kappa shape index (κ2) is 4.61. The Morgan fingerprint density at radius 2 is 2.21 bits per heavy atom. The summed E-state index contributed by atoms with van der Waals surface area (Å²) in [7, 11) is 0. The highest BCUT2D eigenvalue weighted by Crippen LogP contribution is 2.32. The number of H-pyrrole nitrogens is 1. The van der Waals surface area contributed by atoms with Gasteiger partial charge in [0.2, 0.25) is 5.95 Å². The fraction of sp³-hybridized carbons (Fsp3) is 0.636. The van der Waals surface area contributed by atoms with E-state index in [9.17, 15) is 9.90 Å². The number of nitrogens with zero attached hydrogens (tertiary/aromatic N) is 4. The summed E-state index contributed by atoms with van der Waals surface area (Å²) in [6, 6.07) is 0. The predicted octanol–water partition coefficient (Wildman–Crippen LogP) is -0.495. The van der Waals surface area contributed by atoms with E-state index in [0.717, 1.165) is 19.3 Å². The quantitative estimate of drug-likeness (QED) is 0.687. The molecular formula is C11H16N6O2. The van der Waals surface area contributed by atoms with Crippen LogP contribution < -0.4 is 11.3 Å². The smallest absolute Gasteiger partial charge is 0.282 e. The molecular weight excluding hydrogens is 248 g/mol. The van der Waals surface area contributed by atoms with Gasteiger partial charge in [-0.05, 0) is 24.7 Å². The van der Waals surface area contributed by atoms with Crippen molar-refractivity contribution in [3.63, 3.8) is 0 Å². The van der Waals surface area contributed by atoms with Crippen molar-refractivity contribution in [3.8, 4) is 0 Å². The van der Waals surface area contributed by atoms with Gasteiger partial charge in [-0.2, -0.15) is 4.98 Å². The van der Waals surface area contributed by atoms with Crippen LogP contribution in [0.1, 0.15) is 19.3 Å². The zero-order chi connectivity index (χ0) is 13.4. The number of anilines is 1. The molecule has 0 aromatic carbocycles. The maximum Gasteiger partial charge on any atom is 0.282 e. The highest BCUT2D eigenvalue weighted by Gasteiger charge is 2.28. The van der Waals surface area contributed by atoms with Crippen molar-refractivity contribution in [2.75, 3.05) is 12.3 Å². The van der Waals surface area contributed by atoms with Crippen molar-refractivity contribution in [2.24, 2.45) is 11.8 Å². The molecule has 3 rings (SSSR count). The topological polar surface area (TPSA) is 123 Å². The van der Waals surface area contributed by atoms with Gasteiger partial charge in [-0.25, -0.2) is 4.68 Å². The summed E-state index contributed by atoms with van der Waals surface area (Å²) < 4.78 is 1.61. The van der Waals surface area contributed by atoms with Crippen LogP contribution in [0.15, 0.2) is 4.79 Å². The summed E-state index contributed by atoms with van der Waals surface area (Å²) in [4.78, 5) is 18.1. The first-order valence-electron chi connectivity index (χ1n) is 6.39. The molecule has 2 heterocycles. The molecule has 0 spiro atoms.